The molecule has 19 heavy (non-hydrogen) atoms. The zero-order valence-electron chi connectivity index (χ0n) is 12.5. The van der Waals surface area contributed by atoms with E-state index in [1.807, 2.05) is 13.8 Å². The van der Waals surface area contributed by atoms with E-state index in [0.29, 0.717) is 12.5 Å². The number of halogens is 1. The Morgan fingerprint density at radius 1 is 1.26 bits per heavy atom. The van der Waals surface area contributed by atoms with Gasteiger partial charge in [-0.2, -0.15) is 0 Å². The van der Waals surface area contributed by atoms with Gasteiger partial charge in [0.2, 0.25) is 0 Å². The molecule has 0 aliphatic heterocycles. The smallest absolute Gasteiger partial charge is 0.160 e. The Bertz CT molecular complexity index is 410. The molecular formula is C14H24BrN3O. The number of rotatable bonds is 7. The minimum absolute atomic E-state index is 0.0565. The Morgan fingerprint density at radius 3 is 2.47 bits per heavy atom. The molecule has 1 unspecified atom stereocenters. The molecule has 0 aromatic carbocycles. The lowest BCUT2D eigenvalue weighted by atomic mass is 10.1. The SMILES string of the molecule is CCCNc1nc(C(OCC)C(C)C)nc(C)c1Br. The predicted octanol–water partition coefficient (Wildman–Crippen LogP) is 4.10. The van der Waals surface area contributed by atoms with E-state index in [0.717, 1.165) is 34.8 Å². The van der Waals surface area contributed by atoms with Crippen molar-refractivity contribution in [2.45, 2.75) is 47.1 Å². The standard InChI is InChI=1S/C14H24BrN3O/c1-6-8-16-13-11(15)10(5)17-14(18-13)12(9(3)4)19-7-2/h9,12H,6-8H2,1-5H3,(H,16,17,18). The monoisotopic (exact) mass is 329 g/mol. The third-order valence-corrected chi connectivity index (χ3v) is 3.73. The van der Waals surface area contributed by atoms with E-state index in [2.05, 4.69) is 52.0 Å². The van der Waals surface area contributed by atoms with E-state index >= 15 is 0 Å². The van der Waals surface area contributed by atoms with Crippen molar-refractivity contribution in [1.82, 2.24) is 9.97 Å². The number of aryl methyl sites for hydroxylation is 1. The van der Waals surface area contributed by atoms with Crippen LogP contribution in [0.1, 0.15) is 51.7 Å². The Balaban J connectivity index is 3.09. The maximum absolute atomic E-state index is 5.78. The first-order valence-electron chi connectivity index (χ1n) is 6.90. The van der Waals surface area contributed by atoms with Crippen LogP contribution in [-0.4, -0.2) is 23.1 Å². The largest absolute Gasteiger partial charge is 0.370 e. The first kappa shape index (κ1) is 16.4. The maximum Gasteiger partial charge on any atom is 0.160 e. The molecule has 0 amide bonds. The summed E-state index contributed by atoms with van der Waals surface area (Å²) in [4.78, 5) is 9.18. The van der Waals surface area contributed by atoms with Crippen LogP contribution in [0.5, 0.6) is 0 Å². The van der Waals surface area contributed by atoms with Crippen LogP contribution in [0.2, 0.25) is 0 Å². The first-order valence-corrected chi connectivity index (χ1v) is 7.70. The first-order chi connectivity index (χ1) is 9.01. The van der Waals surface area contributed by atoms with Gasteiger partial charge in [0.1, 0.15) is 11.9 Å². The van der Waals surface area contributed by atoms with Crippen LogP contribution in [0.3, 0.4) is 0 Å². The lowest BCUT2D eigenvalue weighted by molar-refractivity contribution is 0.0231. The second kappa shape index (κ2) is 7.80. The number of aromatic nitrogens is 2. The number of hydrogen-bond donors (Lipinski definition) is 1. The second-order valence-corrected chi connectivity index (χ2v) is 5.67. The fourth-order valence-electron chi connectivity index (χ4n) is 1.81. The molecule has 108 valence electrons. The van der Waals surface area contributed by atoms with Gasteiger partial charge in [0.25, 0.3) is 0 Å². The average molecular weight is 330 g/mol. The zero-order chi connectivity index (χ0) is 14.4. The van der Waals surface area contributed by atoms with E-state index in [9.17, 15) is 0 Å². The molecule has 1 aromatic heterocycles. The minimum Gasteiger partial charge on any atom is -0.370 e. The molecular weight excluding hydrogens is 306 g/mol. The molecule has 0 fully saturated rings. The zero-order valence-corrected chi connectivity index (χ0v) is 14.0. The van der Waals surface area contributed by atoms with Crippen molar-refractivity contribution >= 4 is 21.7 Å². The van der Waals surface area contributed by atoms with Crippen molar-refractivity contribution < 1.29 is 4.74 Å². The van der Waals surface area contributed by atoms with Crippen LogP contribution in [0.15, 0.2) is 4.47 Å². The van der Waals surface area contributed by atoms with Gasteiger partial charge in [0.15, 0.2) is 5.82 Å². The fourth-order valence-corrected chi connectivity index (χ4v) is 2.13. The highest BCUT2D eigenvalue weighted by Crippen LogP contribution is 2.29. The average Bonchev–Trinajstić information content (AvgIpc) is 2.37. The molecule has 1 aromatic rings. The van der Waals surface area contributed by atoms with E-state index in [4.69, 9.17) is 4.74 Å². The quantitative estimate of drug-likeness (QED) is 0.817. The van der Waals surface area contributed by atoms with Crippen LogP contribution >= 0.6 is 15.9 Å². The van der Waals surface area contributed by atoms with E-state index in [-0.39, 0.29) is 6.10 Å². The van der Waals surface area contributed by atoms with Gasteiger partial charge in [0.05, 0.1) is 10.2 Å². The summed E-state index contributed by atoms with van der Waals surface area (Å²) in [6.45, 7) is 11.9. The topological polar surface area (TPSA) is 47.0 Å². The Morgan fingerprint density at radius 2 is 1.95 bits per heavy atom. The van der Waals surface area contributed by atoms with Crippen molar-refractivity contribution in [3.8, 4) is 0 Å². The highest BCUT2D eigenvalue weighted by molar-refractivity contribution is 9.10. The molecule has 4 nitrogen and oxygen atoms in total. The summed E-state index contributed by atoms with van der Waals surface area (Å²) in [6.07, 6.45) is 1.00. The van der Waals surface area contributed by atoms with Gasteiger partial charge in [0, 0.05) is 13.2 Å². The van der Waals surface area contributed by atoms with Crippen molar-refractivity contribution in [2.24, 2.45) is 5.92 Å². The van der Waals surface area contributed by atoms with Crippen LogP contribution in [0.4, 0.5) is 5.82 Å². The van der Waals surface area contributed by atoms with Crippen molar-refractivity contribution in [3.05, 3.63) is 16.0 Å². The summed E-state index contributed by atoms with van der Waals surface area (Å²) in [7, 11) is 0. The molecule has 1 atom stereocenters. The molecule has 0 aliphatic rings. The van der Waals surface area contributed by atoms with Gasteiger partial charge in [-0.1, -0.05) is 20.8 Å². The van der Waals surface area contributed by atoms with Gasteiger partial charge in [-0.3, -0.25) is 0 Å². The van der Waals surface area contributed by atoms with Crippen LogP contribution < -0.4 is 5.32 Å². The molecule has 5 heteroatoms. The summed E-state index contributed by atoms with van der Waals surface area (Å²) in [5.74, 6) is 1.96. The van der Waals surface area contributed by atoms with E-state index < -0.39 is 0 Å². The summed E-state index contributed by atoms with van der Waals surface area (Å²) in [6, 6.07) is 0. The van der Waals surface area contributed by atoms with E-state index in [1.54, 1.807) is 0 Å². The number of anilines is 1. The van der Waals surface area contributed by atoms with Gasteiger partial charge in [-0.25, -0.2) is 9.97 Å². The van der Waals surface area contributed by atoms with Crippen molar-refractivity contribution in [3.63, 3.8) is 0 Å². The highest BCUT2D eigenvalue weighted by Gasteiger charge is 2.21. The van der Waals surface area contributed by atoms with Crippen molar-refractivity contribution in [1.29, 1.82) is 0 Å². The minimum atomic E-state index is -0.0565. The Labute approximate surface area is 124 Å². The maximum atomic E-state index is 5.78. The van der Waals surface area contributed by atoms with E-state index in [1.165, 1.54) is 0 Å². The summed E-state index contributed by atoms with van der Waals surface area (Å²) in [5.41, 5.74) is 0.939. The number of nitrogens with one attached hydrogen (secondary N) is 1. The molecule has 1 heterocycles. The van der Waals surface area contributed by atoms with Crippen LogP contribution in [0.25, 0.3) is 0 Å². The number of nitrogens with zero attached hydrogens (tertiary/aromatic N) is 2. The molecule has 0 bridgehead atoms. The molecule has 0 saturated heterocycles. The predicted molar refractivity (Wildman–Crippen MR) is 82.5 cm³/mol. The molecule has 1 rings (SSSR count). The second-order valence-electron chi connectivity index (χ2n) is 4.88. The molecule has 0 spiro atoms. The molecule has 0 radical (unpaired) electrons. The van der Waals surface area contributed by atoms with Crippen molar-refractivity contribution in [2.75, 3.05) is 18.5 Å². The number of ether oxygens (including phenoxy) is 1. The Kier molecular flexibility index (Phi) is 6.72. The fraction of sp³-hybridized carbons (Fsp3) is 0.714. The molecule has 0 aliphatic carbocycles. The summed E-state index contributed by atoms with van der Waals surface area (Å²) >= 11 is 3.54. The lowest BCUT2D eigenvalue weighted by Crippen LogP contribution is -2.17. The number of hydrogen-bond acceptors (Lipinski definition) is 4. The van der Waals surface area contributed by atoms with Gasteiger partial charge in [-0.15, -0.1) is 0 Å². The third-order valence-electron chi connectivity index (χ3n) is 2.78. The highest BCUT2D eigenvalue weighted by atomic mass is 79.9. The normalized spacial score (nSPS) is 12.8. The van der Waals surface area contributed by atoms with Gasteiger partial charge >= 0.3 is 0 Å². The third kappa shape index (κ3) is 4.42. The Hall–Kier alpha value is -0.680. The lowest BCUT2D eigenvalue weighted by Gasteiger charge is -2.21. The van der Waals surface area contributed by atoms with Gasteiger partial charge < -0.3 is 10.1 Å². The summed E-state index contributed by atoms with van der Waals surface area (Å²) in [5, 5.41) is 3.33. The molecule has 0 saturated carbocycles. The van der Waals surface area contributed by atoms with Crippen LogP contribution in [-0.2, 0) is 4.74 Å². The molecule has 1 N–H and O–H groups in total. The summed E-state index contributed by atoms with van der Waals surface area (Å²) < 4.78 is 6.71. The van der Waals surface area contributed by atoms with Crippen LogP contribution in [0, 0.1) is 12.8 Å². The van der Waals surface area contributed by atoms with Gasteiger partial charge in [-0.05, 0) is 42.1 Å².